The van der Waals surface area contributed by atoms with E-state index in [0.29, 0.717) is 12.0 Å². The molecule has 1 N–H and O–H groups in total. The summed E-state index contributed by atoms with van der Waals surface area (Å²) in [5.74, 6) is 1.53. The zero-order chi connectivity index (χ0) is 15.1. The third kappa shape index (κ3) is 5.58. The second-order valence-electron chi connectivity index (χ2n) is 6.44. The minimum Gasteiger partial charge on any atom is -0.493 e. The first kappa shape index (κ1) is 16.2. The molecule has 0 spiro atoms. The molecule has 1 saturated heterocycles. The minimum atomic E-state index is 0.559. The summed E-state index contributed by atoms with van der Waals surface area (Å²) in [6.07, 6.45) is 3.77. The molecule has 1 aliphatic rings. The molecule has 1 heterocycles. The van der Waals surface area contributed by atoms with E-state index in [9.17, 15) is 0 Å². The first-order valence-corrected chi connectivity index (χ1v) is 8.39. The van der Waals surface area contributed by atoms with Crippen molar-refractivity contribution in [1.82, 2.24) is 4.90 Å². The monoisotopic (exact) mass is 290 g/mol. The van der Waals surface area contributed by atoms with Crippen LogP contribution >= 0.6 is 0 Å². The Morgan fingerprint density at radius 2 is 2.14 bits per heavy atom. The van der Waals surface area contributed by atoms with Crippen LogP contribution in [0.25, 0.3) is 0 Å². The molecule has 0 aliphatic carbocycles. The molecule has 1 unspecified atom stereocenters. The SMILES string of the molecule is CCN1CCCC(Nc2cccc(OCC(C)C)c2)CC1. The summed E-state index contributed by atoms with van der Waals surface area (Å²) in [6, 6.07) is 8.98. The van der Waals surface area contributed by atoms with Gasteiger partial charge >= 0.3 is 0 Å². The van der Waals surface area contributed by atoms with Gasteiger partial charge in [0.15, 0.2) is 0 Å². The smallest absolute Gasteiger partial charge is 0.121 e. The topological polar surface area (TPSA) is 24.5 Å². The van der Waals surface area contributed by atoms with Crippen LogP contribution in [0.15, 0.2) is 24.3 Å². The Hall–Kier alpha value is -1.22. The molecule has 1 aromatic rings. The van der Waals surface area contributed by atoms with Crippen molar-refractivity contribution in [2.75, 3.05) is 31.6 Å². The molecule has 1 fully saturated rings. The quantitative estimate of drug-likeness (QED) is 0.857. The van der Waals surface area contributed by atoms with Gasteiger partial charge in [-0.2, -0.15) is 0 Å². The van der Waals surface area contributed by atoms with Gasteiger partial charge < -0.3 is 15.0 Å². The van der Waals surface area contributed by atoms with Crippen molar-refractivity contribution >= 4 is 5.69 Å². The van der Waals surface area contributed by atoms with Gasteiger partial charge in [-0.3, -0.25) is 0 Å². The van der Waals surface area contributed by atoms with Crippen LogP contribution in [-0.4, -0.2) is 37.2 Å². The summed E-state index contributed by atoms with van der Waals surface area (Å²) in [4.78, 5) is 2.55. The van der Waals surface area contributed by atoms with Gasteiger partial charge in [-0.15, -0.1) is 0 Å². The van der Waals surface area contributed by atoms with Crippen molar-refractivity contribution in [1.29, 1.82) is 0 Å². The zero-order valence-corrected chi connectivity index (χ0v) is 13.8. The van der Waals surface area contributed by atoms with Crippen LogP contribution in [0.2, 0.25) is 0 Å². The van der Waals surface area contributed by atoms with Gasteiger partial charge in [0.05, 0.1) is 6.61 Å². The van der Waals surface area contributed by atoms with Crippen molar-refractivity contribution in [2.24, 2.45) is 5.92 Å². The number of likely N-dealkylation sites (tertiary alicyclic amines) is 1. The van der Waals surface area contributed by atoms with E-state index in [1.54, 1.807) is 0 Å². The summed E-state index contributed by atoms with van der Waals surface area (Å²) >= 11 is 0. The van der Waals surface area contributed by atoms with Gasteiger partial charge in [0.2, 0.25) is 0 Å². The molecule has 3 nitrogen and oxygen atoms in total. The molecule has 2 rings (SSSR count). The first-order chi connectivity index (χ1) is 10.2. The zero-order valence-electron chi connectivity index (χ0n) is 13.8. The number of hydrogen-bond acceptors (Lipinski definition) is 3. The fourth-order valence-corrected chi connectivity index (χ4v) is 2.79. The highest BCUT2D eigenvalue weighted by Crippen LogP contribution is 2.21. The normalized spacial score (nSPS) is 20.3. The predicted molar refractivity (Wildman–Crippen MR) is 90.2 cm³/mol. The van der Waals surface area contributed by atoms with Crippen LogP contribution in [0.4, 0.5) is 5.69 Å². The molecule has 0 amide bonds. The lowest BCUT2D eigenvalue weighted by Gasteiger charge is -2.19. The Labute approximate surface area is 129 Å². The Bertz CT molecular complexity index is 419. The largest absolute Gasteiger partial charge is 0.493 e. The highest BCUT2D eigenvalue weighted by Gasteiger charge is 2.15. The molecule has 0 aromatic heterocycles. The molecule has 0 radical (unpaired) electrons. The number of hydrogen-bond donors (Lipinski definition) is 1. The van der Waals surface area contributed by atoms with E-state index in [4.69, 9.17) is 4.74 Å². The standard InChI is InChI=1S/C18H30N2O/c1-4-20-11-6-8-16(10-12-20)19-17-7-5-9-18(13-17)21-14-15(2)3/h5,7,9,13,15-16,19H,4,6,8,10-12,14H2,1-3H3. The van der Waals surface area contributed by atoms with E-state index >= 15 is 0 Å². The number of benzene rings is 1. The average Bonchev–Trinajstić information content (AvgIpc) is 2.71. The number of rotatable bonds is 6. The van der Waals surface area contributed by atoms with Crippen molar-refractivity contribution in [3.05, 3.63) is 24.3 Å². The van der Waals surface area contributed by atoms with E-state index in [0.717, 1.165) is 12.4 Å². The van der Waals surface area contributed by atoms with Gasteiger partial charge in [-0.25, -0.2) is 0 Å². The number of nitrogens with zero attached hydrogens (tertiary/aromatic N) is 1. The maximum absolute atomic E-state index is 5.81. The Morgan fingerprint density at radius 1 is 1.29 bits per heavy atom. The van der Waals surface area contributed by atoms with Crippen LogP contribution in [0, 0.1) is 5.92 Å². The molecule has 1 aliphatic heterocycles. The van der Waals surface area contributed by atoms with Crippen LogP contribution in [0.3, 0.4) is 0 Å². The lowest BCUT2D eigenvalue weighted by molar-refractivity contribution is 0.271. The number of anilines is 1. The second kappa shape index (κ2) is 8.28. The van der Waals surface area contributed by atoms with Crippen molar-refractivity contribution in [3.63, 3.8) is 0 Å². The van der Waals surface area contributed by atoms with Crippen molar-refractivity contribution in [3.8, 4) is 5.75 Å². The Kier molecular flexibility index (Phi) is 6.37. The fourth-order valence-electron chi connectivity index (χ4n) is 2.79. The lowest BCUT2D eigenvalue weighted by Crippen LogP contribution is -2.26. The van der Waals surface area contributed by atoms with E-state index in [1.807, 2.05) is 6.07 Å². The summed E-state index contributed by atoms with van der Waals surface area (Å²) in [5, 5.41) is 3.69. The maximum atomic E-state index is 5.81. The molecule has 3 heteroatoms. The Morgan fingerprint density at radius 3 is 2.90 bits per heavy atom. The lowest BCUT2D eigenvalue weighted by atomic mass is 10.1. The van der Waals surface area contributed by atoms with E-state index < -0.39 is 0 Å². The van der Waals surface area contributed by atoms with E-state index in [1.165, 1.54) is 44.6 Å². The molecular weight excluding hydrogens is 260 g/mol. The second-order valence-corrected chi connectivity index (χ2v) is 6.44. The molecule has 0 saturated carbocycles. The van der Waals surface area contributed by atoms with Gasteiger partial charge in [-0.1, -0.05) is 26.8 Å². The first-order valence-electron chi connectivity index (χ1n) is 8.39. The predicted octanol–water partition coefficient (Wildman–Crippen LogP) is 4.01. The van der Waals surface area contributed by atoms with Crippen molar-refractivity contribution < 1.29 is 4.74 Å². The Balaban J connectivity index is 1.88. The van der Waals surface area contributed by atoms with Crippen LogP contribution in [-0.2, 0) is 0 Å². The van der Waals surface area contributed by atoms with Gasteiger partial charge in [0, 0.05) is 24.3 Å². The molecule has 1 atom stereocenters. The molecule has 21 heavy (non-hydrogen) atoms. The molecular formula is C18H30N2O. The van der Waals surface area contributed by atoms with Gasteiger partial charge in [0.25, 0.3) is 0 Å². The summed E-state index contributed by atoms with van der Waals surface area (Å²) in [5.41, 5.74) is 1.19. The van der Waals surface area contributed by atoms with Crippen LogP contribution < -0.4 is 10.1 Å². The minimum absolute atomic E-state index is 0.559. The number of ether oxygens (including phenoxy) is 1. The third-order valence-electron chi connectivity index (χ3n) is 4.06. The van der Waals surface area contributed by atoms with Gasteiger partial charge in [-0.05, 0) is 50.4 Å². The van der Waals surface area contributed by atoms with Crippen molar-refractivity contribution in [2.45, 2.75) is 46.1 Å². The van der Waals surface area contributed by atoms with E-state index in [-0.39, 0.29) is 0 Å². The average molecular weight is 290 g/mol. The highest BCUT2D eigenvalue weighted by atomic mass is 16.5. The summed E-state index contributed by atoms with van der Waals surface area (Å²) in [7, 11) is 0. The van der Waals surface area contributed by atoms with Crippen LogP contribution in [0.1, 0.15) is 40.0 Å². The molecule has 0 bridgehead atoms. The maximum Gasteiger partial charge on any atom is 0.121 e. The third-order valence-corrected chi connectivity index (χ3v) is 4.06. The number of nitrogens with one attached hydrogen (secondary N) is 1. The molecule has 1 aromatic carbocycles. The van der Waals surface area contributed by atoms with Gasteiger partial charge in [0.1, 0.15) is 5.75 Å². The van der Waals surface area contributed by atoms with E-state index in [2.05, 4.69) is 49.2 Å². The fraction of sp³-hybridized carbons (Fsp3) is 0.667. The van der Waals surface area contributed by atoms with Crippen LogP contribution in [0.5, 0.6) is 5.75 Å². The molecule has 118 valence electrons. The summed E-state index contributed by atoms with van der Waals surface area (Å²) in [6.45, 7) is 11.0. The summed E-state index contributed by atoms with van der Waals surface area (Å²) < 4.78 is 5.81. The highest BCUT2D eigenvalue weighted by molar-refractivity contribution is 5.48.